The van der Waals surface area contributed by atoms with Crippen molar-refractivity contribution < 1.29 is 18.0 Å². The van der Waals surface area contributed by atoms with Crippen LogP contribution >= 0.6 is 11.3 Å². The first kappa shape index (κ1) is 23.1. The van der Waals surface area contributed by atoms with E-state index < -0.39 is 19.0 Å². The van der Waals surface area contributed by atoms with Gasteiger partial charge in [0.05, 0.1) is 25.0 Å². The van der Waals surface area contributed by atoms with Gasteiger partial charge in [-0.2, -0.15) is 0 Å². The van der Waals surface area contributed by atoms with Gasteiger partial charge in [-0.15, -0.1) is 10.2 Å². The minimum Gasteiger partial charge on any atom is -0.368 e. The van der Waals surface area contributed by atoms with Crippen molar-refractivity contribution >= 4 is 28.6 Å². The Morgan fingerprint density at radius 1 is 1.24 bits per heavy atom. The number of halogens is 3. The number of hydrogen-bond acceptors (Lipinski definition) is 8. The third-order valence-electron chi connectivity index (χ3n) is 5.67. The van der Waals surface area contributed by atoms with E-state index in [1.165, 1.54) is 12.3 Å². The second kappa shape index (κ2) is 9.40. The highest BCUT2D eigenvalue weighted by Crippen LogP contribution is 2.43. The fourth-order valence-electron chi connectivity index (χ4n) is 3.67. The molecular formula is C21H22F3N7OS. The van der Waals surface area contributed by atoms with Crippen molar-refractivity contribution in [2.75, 3.05) is 29.9 Å². The molecule has 0 aliphatic heterocycles. The summed E-state index contributed by atoms with van der Waals surface area (Å²) in [5.41, 5.74) is 5.57. The van der Waals surface area contributed by atoms with Gasteiger partial charge in [0.15, 0.2) is 0 Å². The summed E-state index contributed by atoms with van der Waals surface area (Å²) in [7, 11) is 0. The molecule has 3 aromatic heterocycles. The highest BCUT2D eigenvalue weighted by Gasteiger charge is 2.41. The molecule has 1 aliphatic carbocycles. The van der Waals surface area contributed by atoms with E-state index >= 15 is 0 Å². The second-order valence-corrected chi connectivity index (χ2v) is 8.93. The number of thiazole rings is 1. The van der Waals surface area contributed by atoms with E-state index in [0.29, 0.717) is 35.2 Å². The standard InChI is InChI=1S/C21H22F3N7OS/c22-14-3-1-8-26-18(14)20(6-2-7-20)11-28-16-5-4-15(29-30-16)19-27-9-17(33-19)31(13-32)12-21(23,24)10-25/h1,3-5,8-9,13H,2,6-7,10-12,25H2,(H,28,30). The van der Waals surface area contributed by atoms with Crippen LogP contribution in [0, 0.1) is 5.82 Å². The predicted octanol–water partition coefficient (Wildman–Crippen LogP) is 3.22. The number of aromatic nitrogens is 4. The Morgan fingerprint density at radius 3 is 2.67 bits per heavy atom. The average molecular weight is 478 g/mol. The largest absolute Gasteiger partial charge is 0.368 e. The Labute approximate surface area is 192 Å². The van der Waals surface area contributed by atoms with Gasteiger partial charge in [0.2, 0.25) is 6.41 Å². The zero-order valence-corrected chi connectivity index (χ0v) is 18.4. The van der Waals surface area contributed by atoms with E-state index in [-0.39, 0.29) is 16.2 Å². The fraction of sp³-hybridized carbons (Fsp3) is 0.381. The molecule has 1 amide bonds. The highest BCUT2D eigenvalue weighted by atomic mass is 32.1. The second-order valence-electron chi connectivity index (χ2n) is 7.92. The van der Waals surface area contributed by atoms with Gasteiger partial charge in [0.1, 0.15) is 27.3 Å². The van der Waals surface area contributed by atoms with Crippen LogP contribution in [0.1, 0.15) is 25.0 Å². The molecule has 1 saturated carbocycles. The van der Waals surface area contributed by atoms with Crippen LogP contribution in [-0.2, 0) is 10.2 Å². The van der Waals surface area contributed by atoms with Crippen LogP contribution in [-0.4, -0.2) is 52.1 Å². The van der Waals surface area contributed by atoms with Crippen LogP contribution < -0.4 is 16.0 Å². The summed E-state index contributed by atoms with van der Waals surface area (Å²) >= 11 is 1.04. The maximum Gasteiger partial charge on any atom is 0.277 e. The molecule has 1 aliphatic rings. The summed E-state index contributed by atoms with van der Waals surface area (Å²) in [6.07, 6.45) is 5.91. The van der Waals surface area contributed by atoms with Crippen molar-refractivity contribution in [1.29, 1.82) is 0 Å². The van der Waals surface area contributed by atoms with Gasteiger partial charge in [-0.25, -0.2) is 18.2 Å². The number of pyridine rings is 1. The molecule has 0 atom stereocenters. The Bertz CT molecular complexity index is 1110. The molecule has 12 heteroatoms. The van der Waals surface area contributed by atoms with Crippen molar-refractivity contribution in [3.63, 3.8) is 0 Å². The van der Waals surface area contributed by atoms with Gasteiger partial charge in [0.25, 0.3) is 5.92 Å². The maximum absolute atomic E-state index is 14.3. The number of anilines is 2. The first-order valence-corrected chi connectivity index (χ1v) is 11.1. The Hall–Kier alpha value is -3.12. The van der Waals surface area contributed by atoms with Crippen molar-refractivity contribution in [3.8, 4) is 10.7 Å². The van der Waals surface area contributed by atoms with Crippen molar-refractivity contribution in [2.45, 2.75) is 30.6 Å². The molecule has 1 fully saturated rings. The summed E-state index contributed by atoms with van der Waals surface area (Å²) in [4.78, 5) is 20.5. The van der Waals surface area contributed by atoms with Crippen LogP contribution in [0.15, 0.2) is 36.7 Å². The highest BCUT2D eigenvalue weighted by molar-refractivity contribution is 7.19. The van der Waals surface area contributed by atoms with Crippen LogP contribution in [0.3, 0.4) is 0 Å². The average Bonchev–Trinajstić information content (AvgIpc) is 3.28. The van der Waals surface area contributed by atoms with E-state index in [9.17, 15) is 18.0 Å². The lowest BCUT2D eigenvalue weighted by atomic mass is 9.66. The predicted molar refractivity (Wildman–Crippen MR) is 119 cm³/mol. The molecule has 4 rings (SSSR count). The molecule has 3 aromatic rings. The molecule has 174 valence electrons. The van der Waals surface area contributed by atoms with Gasteiger partial charge >= 0.3 is 0 Å². The number of nitrogens with two attached hydrogens (primary N) is 1. The zero-order valence-electron chi connectivity index (χ0n) is 17.5. The number of alkyl halides is 2. The van der Waals surface area contributed by atoms with Gasteiger partial charge in [-0.3, -0.25) is 14.7 Å². The minimum absolute atomic E-state index is 0.251. The molecule has 0 spiro atoms. The summed E-state index contributed by atoms with van der Waals surface area (Å²) < 4.78 is 41.4. The lowest BCUT2D eigenvalue weighted by Gasteiger charge is -2.41. The quantitative estimate of drug-likeness (QED) is 0.432. The summed E-state index contributed by atoms with van der Waals surface area (Å²) in [6.45, 7) is -1.22. The lowest BCUT2D eigenvalue weighted by Crippen LogP contribution is -2.42. The van der Waals surface area contributed by atoms with Gasteiger partial charge in [-0.05, 0) is 37.1 Å². The molecule has 0 saturated heterocycles. The molecule has 33 heavy (non-hydrogen) atoms. The lowest BCUT2D eigenvalue weighted by molar-refractivity contribution is -0.108. The number of amides is 1. The normalized spacial score (nSPS) is 15.0. The molecule has 0 aromatic carbocycles. The smallest absolute Gasteiger partial charge is 0.277 e. The molecule has 0 radical (unpaired) electrons. The number of nitrogens with one attached hydrogen (secondary N) is 1. The van der Waals surface area contributed by atoms with E-state index in [0.717, 1.165) is 35.5 Å². The van der Waals surface area contributed by atoms with E-state index in [4.69, 9.17) is 5.73 Å². The molecule has 3 heterocycles. The third-order valence-corrected chi connectivity index (χ3v) is 6.72. The van der Waals surface area contributed by atoms with E-state index in [1.54, 1.807) is 24.4 Å². The van der Waals surface area contributed by atoms with Gasteiger partial charge in [-0.1, -0.05) is 17.8 Å². The van der Waals surface area contributed by atoms with Crippen LogP contribution in [0.2, 0.25) is 0 Å². The van der Waals surface area contributed by atoms with Crippen molar-refractivity contribution in [1.82, 2.24) is 20.2 Å². The molecule has 8 nitrogen and oxygen atoms in total. The molecular weight excluding hydrogens is 455 g/mol. The van der Waals surface area contributed by atoms with E-state index in [2.05, 4.69) is 25.5 Å². The monoisotopic (exact) mass is 477 g/mol. The first-order chi connectivity index (χ1) is 15.9. The summed E-state index contributed by atoms with van der Waals surface area (Å²) in [5.74, 6) is -3.00. The first-order valence-electron chi connectivity index (χ1n) is 10.3. The van der Waals surface area contributed by atoms with Crippen molar-refractivity contribution in [2.24, 2.45) is 5.73 Å². The number of nitrogens with zero attached hydrogens (tertiary/aromatic N) is 5. The van der Waals surface area contributed by atoms with Gasteiger partial charge in [0, 0.05) is 18.2 Å². The zero-order chi connectivity index (χ0) is 23.5. The summed E-state index contributed by atoms with van der Waals surface area (Å²) in [5, 5.41) is 12.2. The van der Waals surface area contributed by atoms with Gasteiger partial charge < -0.3 is 11.1 Å². The third kappa shape index (κ3) is 4.96. The molecule has 3 N–H and O–H groups in total. The number of hydrogen-bond donors (Lipinski definition) is 2. The number of carbonyl (C=O) groups excluding carboxylic acids is 1. The SMILES string of the molecule is NCC(F)(F)CN(C=O)c1cnc(-c2ccc(NCC3(c4ncccc4F)CCC3)nn2)s1. The minimum atomic E-state index is -3.20. The van der Waals surface area contributed by atoms with Crippen LogP contribution in [0.25, 0.3) is 10.7 Å². The number of carbonyl (C=O) groups is 1. The van der Waals surface area contributed by atoms with E-state index in [1.807, 2.05) is 0 Å². The van der Waals surface area contributed by atoms with Crippen LogP contribution in [0.4, 0.5) is 24.0 Å². The Balaban J connectivity index is 1.43. The molecule has 0 unspecified atom stereocenters. The fourth-order valence-corrected chi connectivity index (χ4v) is 4.52. The Kier molecular flexibility index (Phi) is 6.56. The molecule has 0 bridgehead atoms. The number of rotatable bonds is 10. The van der Waals surface area contributed by atoms with Crippen molar-refractivity contribution in [3.05, 3.63) is 48.2 Å². The van der Waals surface area contributed by atoms with Crippen LogP contribution in [0.5, 0.6) is 0 Å². The Morgan fingerprint density at radius 2 is 2.06 bits per heavy atom. The topological polar surface area (TPSA) is 110 Å². The summed E-state index contributed by atoms with van der Waals surface area (Å²) in [6, 6.07) is 6.39. The maximum atomic E-state index is 14.3.